The van der Waals surface area contributed by atoms with Crippen LogP contribution in [0.25, 0.3) is 11.3 Å². The smallest absolute Gasteiger partial charge is 0.134 e. The summed E-state index contributed by atoms with van der Waals surface area (Å²) in [5.41, 5.74) is 1.89. The topological polar surface area (TPSA) is 77.7 Å². The Labute approximate surface area is 161 Å². The van der Waals surface area contributed by atoms with Crippen LogP contribution in [0.2, 0.25) is 0 Å². The van der Waals surface area contributed by atoms with Gasteiger partial charge in [-0.15, -0.1) is 0 Å². The maximum absolute atomic E-state index is 9.53. The van der Waals surface area contributed by atoms with Crippen molar-refractivity contribution >= 4 is 0 Å². The average Bonchev–Trinajstić information content (AvgIpc) is 2.99. The van der Waals surface area contributed by atoms with Gasteiger partial charge in [0.15, 0.2) is 0 Å². The zero-order valence-corrected chi connectivity index (χ0v) is 16.0. The van der Waals surface area contributed by atoms with E-state index < -0.39 is 6.10 Å². The van der Waals surface area contributed by atoms with Gasteiger partial charge in [-0.3, -0.25) is 0 Å². The number of aliphatic hydroxyl groups is 2. The minimum absolute atomic E-state index is 0. The van der Waals surface area contributed by atoms with Crippen molar-refractivity contribution in [2.45, 2.75) is 32.6 Å². The second-order valence-electron chi connectivity index (χ2n) is 5.79. The van der Waals surface area contributed by atoms with Crippen molar-refractivity contribution in [2.24, 2.45) is 0 Å². The van der Waals surface area contributed by atoms with Crippen LogP contribution in [0.3, 0.4) is 0 Å². The van der Waals surface area contributed by atoms with E-state index in [1.54, 1.807) is 13.8 Å². The third-order valence-corrected chi connectivity index (χ3v) is 3.56. The Morgan fingerprint density at radius 3 is 2.16 bits per heavy atom. The molecule has 0 aliphatic heterocycles. The Morgan fingerprint density at radius 1 is 0.920 bits per heavy atom. The third kappa shape index (κ3) is 8.23. The van der Waals surface area contributed by atoms with Crippen LogP contribution in [0.15, 0.2) is 40.8 Å². The maximum atomic E-state index is 9.53. The van der Waals surface area contributed by atoms with E-state index in [0.717, 1.165) is 35.7 Å². The number of hydrogen-bond acceptors (Lipinski definition) is 5. The minimum atomic E-state index is -0.456. The van der Waals surface area contributed by atoms with Crippen LogP contribution in [-0.2, 0) is 6.54 Å². The zero-order valence-electron chi connectivity index (χ0n) is 14.5. The number of furan rings is 1. The van der Waals surface area contributed by atoms with Crippen LogP contribution in [0.4, 0.5) is 0 Å². The molecule has 1 aromatic carbocycles. The molecule has 2 aromatic rings. The molecule has 0 spiro atoms. The van der Waals surface area contributed by atoms with Crippen LogP contribution in [0, 0.1) is 0 Å². The van der Waals surface area contributed by atoms with Gasteiger partial charge >= 0.3 is 0 Å². The molecule has 0 saturated carbocycles. The molecule has 0 aliphatic carbocycles. The second-order valence-corrected chi connectivity index (χ2v) is 5.79. The van der Waals surface area contributed by atoms with Crippen molar-refractivity contribution < 1.29 is 39.4 Å². The van der Waals surface area contributed by atoms with Crippen molar-refractivity contribution in [3.05, 3.63) is 47.7 Å². The molecule has 25 heavy (non-hydrogen) atoms. The highest BCUT2D eigenvalue weighted by Gasteiger charge is 2.06. The highest BCUT2D eigenvalue weighted by atomic mass is 35.5. The van der Waals surface area contributed by atoms with Gasteiger partial charge in [-0.1, -0.05) is 24.3 Å². The summed E-state index contributed by atoms with van der Waals surface area (Å²) in [5, 5.41) is 25.1. The quantitative estimate of drug-likeness (QED) is 0.330. The average molecular weight is 389 g/mol. The molecule has 0 amide bonds. The number of hydrogen-bond donors (Lipinski definition) is 4. The second kappa shape index (κ2) is 12.3. The summed E-state index contributed by atoms with van der Waals surface area (Å²) < 4.78 is 5.83. The molecule has 2 unspecified atom stereocenters. The van der Waals surface area contributed by atoms with E-state index in [1.165, 1.54) is 0 Å². The molecule has 7 heteroatoms. The van der Waals surface area contributed by atoms with Gasteiger partial charge in [0, 0.05) is 25.2 Å². The zero-order chi connectivity index (χ0) is 16.7. The Morgan fingerprint density at radius 2 is 1.56 bits per heavy atom. The van der Waals surface area contributed by atoms with E-state index in [0.29, 0.717) is 13.1 Å². The number of halogens is 2. The first-order valence-electron chi connectivity index (χ1n) is 8.03. The van der Waals surface area contributed by atoms with E-state index in [2.05, 4.69) is 10.6 Å². The standard InChI is InChI=1S/C18H26N2O3.2ClH/c1-13(21)11-19-9-10-20-12-17-7-8-18(23-17)16-5-3-15(4-6-16)14(2)22;;/h3-8,13-14,19-22H,9-12H2,1-2H3;2*1H/p-2. The van der Waals surface area contributed by atoms with Crippen LogP contribution < -0.4 is 35.4 Å². The molecule has 4 N–H and O–H groups in total. The van der Waals surface area contributed by atoms with Crippen LogP contribution in [0.1, 0.15) is 31.3 Å². The number of aliphatic hydroxyl groups excluding tert-OH is 2. The molecule has 1 aromatic heterocycles. The SMILES string of the molecule is CC(O)CNCCNCc1ccc(-c2ccc(C(C)O)cc2)o1.[Cl-].[Cl-]. The van der Waals surface area contributed by atoms with Gasteiger partial charge in [-0.2, -0.15) is 0 Å². The normalized spacial score (nSPS) is 12.8. The first-order chi connectivity index (χ1) is 11.1. The predicted molar refractivity (Wildman–Crippen MR) is 91.0 cm³/mol. The molecular formula is C18H26Cl2N2O3-2. The summed E-state index contributed by atoms with van der Waals surface area (Å²) in [6, 6.07) is 11.7. The molecule has 0 bridgehead atoms. The van der Waals surface area contributed by atoms with E-state index in [1.807, 2.05) is 36.4 Å². The summed E-state index contributed by atoms with van der Waals surface area (Å²) in [6.45, 7) is 6.41. The highest BCUT2D eigenvalue weighted by molar-refractivity contribution is 5.58. The molecule has 2 rings (SSSR count). The largest absolute Gasteiger partial charge is 1.00 e. The van der Waals surface area contributed by atoms with Crippen LogP contribution in [-0.4, -0.2) is 36.0 Å². The molecule has 5 nitrogen and oxygen atoms in total. The highest BCUT2D eigenvalue weighted by Crippen LogP contribution is 2.24. The van der Waals surface area contributed by atoms with E-state index in [4.69, 9.17) is 9.52 Å². The van der Waals surface area contributed by atoms with Crippen molar-refractivity contribution in [2.75, 3.05) is 19.6 Å². The van der Waals surface area contributed by atoms with Gasteiger partial charge in [0.2, 0.25) is 0 Å². The van der Waals surface area contributed by atoms with Gasteiger partial charge in [-0.25, -0.2) is 0 Å². The molecule has 0 radical (unpaired) electrons. The summed E-state index contributed by atoms with van der Waals surface area (Å²) >= 11 is 0. The first kappa shape index (κ1) is 23.9. The summed E-state index contributed by atoms with van der Waals surface area (Å²) in [7, 11) is 0. The predicted octanol–water partition coefficient (Wildman–Crippen LogP) is -3.93. The fourth-order valence-electron chi connectivity index (χ4n) is 2.25. The molecule has 1 heterocycles. The Kier molecular flexibility index (Phi) is 11.8. The Bertz CT molecular complexity index is 586. The van der Waals surface area contributed by atoms with Gasteiger partial charge in [0.1, 0.15) is 11.5 Å². The monoisotopic (exact) mass is 388 g/mol. The summed E-state index contributed by atoms with van der Waals surface area (Å²) in [5.74, 6) is 1.71. The lowest BCUT2D eigenvalue weighted by Gasteiger charge is -2.07. The molecule has 142 valence electrons. The van der Waals surface area contributed by atoms with Crippen molar-refractivity contribution in [3.8, 4) is 11.3 Å². The first-order valence-corrected chi connectivity index (χ1v) is 8.03. The van der Waals surface area contributed by atoms with E-state index >= 15 is 0 Å². The lowest BCUT2D eigenvalue weighted by atomic mass is 10.1. The van der Waals surface area contributed by atoms with Gasteiger partial charge in [-0.05, 0) is 31.5 Å². The summed E-state index contributed by atoms with van der Waals surface area (Å²) in [6.07, 6.45) is -0.773. The molecule has 2 atom stereocenters. The van der Waals surface area contributed by atoms with Gasteiger partial charge in [0.25, 0.3) is 0 Å². The lowest BCUT2D eigenvalue weighted by Crippen LogP contribution is -3.00. The number of nitrogens with one attached hydrogen (secondary N) is 2. The van der Waals surface area contributed by atoms with Crippen molar-refractivity contribution in [1.82, 2.24) is 10.6 Å². The summed E-state index contributed by atoms with van der Waals surface area (Å²) in [4.78, 5) is 0. The minimum Gasteiger partial charge on any atom is -1.00 e. The number of rotatable bonds is 9. The Balaban J connectivity index is 0.00000288. The fraction of sp³-hybridized carbons (Fsp3) is 0.444. The van der Waals surface area contributed by atoms with Gasteiger partial charge in [0.05, 0.1) is 18.8 Å². The van der Waals surface area contributed by atoms with Crippen molar-refractivity contribution in [3.63, 3.8) is 0 Å². The van der Waals surface area contributed by atoms with Crippen LogP contribution in [0.5, 0.6) is 0 Å². The number of benzene rings is 1. The van der Waals surface area contributed by atoms with Gasteiger partial charge < -0.3 is 50.1 Å². The molecular weight excluding hydrogens is 363 g/mol. The lowest BCUT2D eigenvalue weighted by molar-refractivity contribution is -0.001000. The molecule has 0 aliphatic rings. The van der Waals surface area contributed by atoms with E-state index in [9.17, 15) is 5.11 Å². The fourth-order valence-corrected chi connectivity index (χ4v) is 2.25. The Hall–Kier alpha value is -1.08. The maximum Gasteiger partial charge on any atom is 0.134 e. The molecule has 0 fully saturated rings. The van der Waals surface area contributed by atoms with Crippen LogP contribution >= 0.6 is 0 Å². The van der Waals surface area contributed by atoms with Crippen molar-refractivity contribution in [1.29, 1.82) is 0 Å². The third-order valence-electron chi connectivity index (χ3n) is 3.56. The van der Waals surface area contributed by atoms with E-state index in [-0.39, 0.29) is 30.9 Å². The molecule has 0 saturated heterocycles.